The molecule has 1 saturated heterocycles. The Morgan fingerprint density at radius 2 is 1.80 bits per heavy atom. The molecule has 0 aromatic heterocycles. The maximum absolute atomic E-state index is 11.7. The van der Waals surface area contributed by atoms with Gasteiger partial charge in [0.2, 0.25) is 0 Å². The van der Waals surface area contributed by atoms with Crippen molar-refractivity contribution < 1.29 is 35.0 Å². The molecule has 9 atom stereocenters. The SMILES string of the molecule is CC1C(OC2OC(CO)C(O)C(O)C2O)C(C)(O)C2CCN(C)CCC=C2C1(C)C. The largest absolute Gasteiger partial charge is 0.394 e. The number of nitrogens with zero attached hydrogens (tertiary/aromatic N) is 1. The summed E-state index contributed by atoms with van der Waals surface area (Å²) in [5, 5.41) is 51.8. The predicted molar refractivity (Wildman–Crippen MR) is 111 cm³/mol. The van der Waals surface area contributed by atoms with Gasteiger partial charge in [0.15, 0.2) is 6.29 Å². The van der Waals surface area contributed by atoms with E-state index in [-0.39, 0.29) is 17.3 Å². The highest BCUT2D eigenvalue weighted by atomic mass is 16.7. The van der Waals surface area contributed by atoms with Crippen LogP contribution in [0.1, 0.15) is 40.5 Å². The van der Waals surface area contributed by atoms with Gasteiger partial charge in [-0.2, -0.15) is 0 Å². The summed E-state index contributed by atoms with van der Waals surface area (Å²) < 4.78 is 11.7. The Bertz CT molecular complexity index is 635. The van der Waals surface area contributed by atoms with Crippen molar-refractivity contribution in [1.82, 2.24) is 4.90 Å². The Balaban J connectivity index is 1.91. The van der Waals surface area contributed by atoms with Crippen molar-refractivity contribution in [3.63, 3.8) is 0 Å². The topological polar surface area (TPSA) is 123 Å². The monoisotopic (exact) mass is 429 g/mol. The lowest BCUT2D eigenvalue weighted by molar-refractivity contribution is -0.336. The molecule has 9 unspecified atom stereocenters. The third-order valence-electron chi connectivity index (χ3n) is 7.80. The number of hydrogen-bond acceptors (Lipinski definition) is 8. The smallest absolute Gasteiger partial charge is 0.187 e. The van der Waals surface area contributed by atoms with Crippen LogP contribution in [-0.4, -0.2) is 99.6 Å². The lowest BCUT2D eigenvalue weighted by Crippen LogP contribution is -2.65. The number of aliphatic hydroxyl groups excluding tert-OH is 4. The molecule has 0 bridgehead atoms. The van der Waals surface area contributed by atoms with Gasteiger partial charge in [-0.05, 0) is 44.7 Å². The van der Waals surface area contributed by atoms with Crippen LogP contribution in [0.5, 0.6) is 0 Å². The van der Waals surface area contributed by atoms with Gasteiger partial charge >= 0.3 is 0 Å². The van der Waals surface area contributed by atoms with E-state index < -0.39 is 49.0 Å². The maximum atomic E-state index is 11.7. The molecule has 3 aliphatic rings. The fraction of sp³-hybridized carbons (Fsp3) is 0.909. The molecule has 0 amide bonds. The van der Waals surface area contributed by atoms with Gasteiger partial charge in [-0.1, -0.05) is 32.4 Å². The first-order chi connectivity index (χ1) is 13.9. The third-order valence-corrected chi connectivity index (χ3v) is 7.80. The minimum absolute atomic E-state index is 0.112. The zero-order valence-electron chi connectivity index (χ0n) is 18.7. The van der Waals surface area contributed by atoms with E-state index in [1.54, 1.807) is 6.92 Å². The Morgan fingerprint density at radius 1 is 1.13 bits per heavy atom. The average molecular weight is 430 g/mol. The van der Waals surface area contributed by atoms with E-state index in [0.29, 0.717) is 0 Å². The molecule has 174 valence electrons. The number of hydrogen-bond donors (Lipinski definition) is 5. The van der Waals surface area contributed by atoms with Crippen molar-refractivity contribution in [3.8, 4) is 0 Å². The van der Waals surface area contributed by atoms with Crippen molar-refractivity contribution in [3.05, 3.63) is 11.6 Å². The molecule has 8 heteroatoms. The molecule has 0 radical (unpaired) electrons. The summed E-state index contributed by atoms with van der Waals surface area (Å²) in [4.78, 5) is 2.25. The van der Waals surface area contributed by atoms with Crippen LogP contribution in [-0.2, 0) is 9.47 Å². The molecule has 2 heterocycles. The van der Waals surface area contributed by atoms with E-state index in [1.807, 2.05) is 6.92 Å². The number of rotatable bonds is 3. The van der Waals surface area contributed by atoms with Crippen LogP contribution in [0.4, 0.5) is 0 Å². The van der Waals surface area contributed by atoms with Crippen LogP contribution in [0.3, 0.4) is 0 Å². The molecule has 0 spiro atoms. The Kier molecular flexibility index (Phi) is 7.02. The van der Waals surface area contributed by atoms with Gasteiger partial charge in [-0.15, -0.1) is 0 Å². The minimum atomic E-state index is -1.51. The number of ether oxygens (including phenoxy) is 2. The second kappa shape index (κ2) is 8.75. The summed E-state index contributed by atoms with van der Waals surface area (Å²) in [5.74, 6) is -0.235. The number of fused-ring (bicyclic) bond motifs is 1. The van der Waals surface area contributed by atoms with Crippen LogP contribution < -0.4 is 0 Å². The van der Waals surface area contributed by atoms with Crippen LogP contribution in [0.2, 0.25) is 0 Å². The third kappa shape index (κ3) is 4.09. The van der Waals surface area contributed by atoms with Gasteiger partial charge in [-0.25, -0.2) is 0 Å². The van der Waals surface area contributed by atoms with Crippen molar-refractivity contribution >= 4 is 0 Å². The zero-order chi connectivity index (χ0) is 22.4. The highest BCUT2D eigenvalue weighted by Gasteiger charge is 2.58. The van der Waals surface area contributed by atoms with Crippen molar-refractivity contribution in [2.45, 2.75) is 82.9 Å². The van der Waals surface area contributed by atoms with Crippen LogP contribution >= 0.6 is 0 Å². The average Bonchev–Trinajstić information content (AvgIpc) is 2.66. The molecule has 1 aliphatic carbocycles. The molecule has 0 aromatic rings. The maximum Gasteiger partial charge on any atom is 0.187 e. The Morgan fingerprint density at radius 3 is 2.43 bits per heavy atom. The molecule has 1 saturated carbocycles. The van der Waals surface area contributed by atoms with Gasteiger partial charge in [0.1, 0.15) is 24.4 Å². The van der Waals surface area contributed by atoms with Crippen molar-refractivity contribution in [1.29, 1.82) is 0 Å². The summed E-state index contributed by atoms with van der Waals surface area (Å²) in [6.45, 7) is 9.41. The van der Waals surface area contributed by atoms with Gasteiger partial charge in [0.25, 0.3) is 0 Å². The standard InChI is InChI=1S/C22H39NO7/c1-12-19(30-20-18(27)17(26)16(25)15(11-24)29-20)22(4,28)14-8-10-23(5)9-6-7-13(14)21(12,2)3/h7,12,14-20,24-28H,6,8-11H2,1-5H3. The van der Waals surface area contributed by atoms with E-state index >= 15 is 0 Å². The first-order valence-corrected chi connectivity index (χ1v) is 11.0. The first kappa shape index (κ1) is 24.1. The molecule has 0 aromatic carbocycles. The highest BCUT2D eigenvalue weighted by Crippen LogP contribution is 2.54. The van der Waals surface area contributed by atoms with Gasteiger partial charge < -0.3 is 39.9 Å². The number of aliphatic hydroxyl groups is 5. The minimum Gasteiger partial charge on any atom is -0.394 e. The Hall–Kier alpha value is -0.580. The van der Waals surface area contributed by atoms with Crippen LogP contribution in [0.15, 0.2) is 11.6 Å². The van der Waals surface area contributed by atoms with E-state index in [0.717, 1.165) is 25.9 Å². The Labute approximate surface area is 179 Å². The molecule has 3 rings (SSSR count). The summed E-state index contributed by atoms with van der Waals surface area (Å²) in [6.07, 6.45) is -3.48. The zero-order valence-corrected chi connectivity index (χ0v) is 18.7. The second-order valence-corrected chi connectivity index (χ2v) is 10.1. The fourth-order valence-corrected chi connectivity index (χ4v) is 5.44. The van der Waals surface area contributed by atoms with E-state index in [2.05, 4.69) is 31.9 Å². The highest BCUT2D eigenvalue weighted by molar-refractivity contribution is 5.27. The van der Waals surface area contributed by atoms with Crippen LogP contribution in [0.25, 0.3) is 0 Å². The van der Waals surface area contributed by atoms with Crippen molar-refractivity contribution in [2.75, 3.05) is 26.7 Å². The molecule has 8 nitrogen and oxygen atoms in total. The van der Waals surface area contributed by atoms with Crippen LogP contribution in [0, 0.1) is 17.3 Å². The van der Waals surface area contributed by atoms with Gasteiger partial charge in [-0.3, -0.25) is 0 Å². The summed E-state index contributed by atoms with van der Waals surface area (Å²) in [7, 11) is 2.08. The summed E-state index contributed by atoms with van der Waals surface area (Å²) >= 11 is 0. The molecular weight excluding hydrogens is 390 g/mol. The van der Waals surface area contributed by atoms with E-state index in [4.69, 9.17) is 9.47 Å². The first-order valence-electron chi connectivity index (χ1n) is 11.0. The molecular formula is C22H39NO7. The fourth-order valence-electron chi connectivity index (χ4n) is 5.44. The van der Waals surface area contributed by atoms with Gasteiger partial charge in [0.05, 0.1) is 18.3 Å². The van der Waals surface area contributed by atoms with E-state index in [1.165, 1.54) is 5.57 Å². The quantitative estimate of drug-likeness (QED) is 0.393. The summed E-state index contributed by atoms with van der Waals surface area (Å²) in [5.41, 5.74) is -0.235. The molecule has 2 fully saturated rings. The lowest BCUT2D eigenvalue weighted by Gasteiger charge is -2.57. The lowest BCUT2D eigenvalue weighted by atomic mass is 9.54. The second-order valence-electron chi connectivity index (χ2n) is 10.1. The van der Waals surface area contributed by atoms with Gasteiger partial charge in [0, 0.05) is 12.5 Å². The predicted octanol–water partition coefficient (Wildman–Crippen LogP) is -0.133. The molecule has 2 aliphatic heterocycles. The molecule has 30 heavy (non-hydrogen) atoms. The van der Waals surface area contributed by atoms with Crippen molar-refractivity contribution in [2.24, 2.45) is 17.3 Å². The summed E-state index contributed by atoms with van der Waals surface area (Å²) in [6, 6.07) is 0. The van der Waals surface area contributed by atoms with E-state index in [9.17, 15) is 25.5 Å². The normalized spacial score (nSPS) is 47.7. The molecule has 5 N–H and O–H groups in total.